The van der Waals surface area contributed by atoms with Crippen molar-refractivity contribution in [1.29, 1.82) is 0 Å². The van der Waals surface area contributed by atoms with Crippen molar-refractivity contribution < 1.29 is 30.4 Å². The van der Waals surface area contributed by atoms with E-state index in [4.69, 9.17) is 4.74 Å². The molecule has 1 aliphatic carbocycles. The van der Waals surface area contributed by atoms with E-state index in [0.717, 1.165) is 12.1 Å². The Morgan fingerprint density at radius 2 is 1.72 bits per heavy atom. The van der Waals surface area contributed by atoms with E-state index in [1.54, 1.807) is 12.1 Å². The van der Waals surface area contributed by atoms with Gasteiger partial charge in [-0.3, -0.25) is 9.44 Å². The molecule has 0 heterocycles. The highest BCUT2D eigenvalue weighted by molar-refractivity contribution is 14.1. The Labute approximate surface area is 222 Å². The van der Waals surface area contributed by atoms with Crippen LogP contribution >= 0.6 is 22.6 Å². The Kier molecular flexibility index (Phi) is 7.76. The molecule has 0 radical (unpaired) electrons. The third-order valence-corrected chi connectivity index (χ3v) is 9.28. The predicted molar refractivity (Wildman–Crippen MR) is 143 cm³/mol. The smallest absolute Gasteiger partial charge is 0.235 e. The molecule has 3 aromatic rings. The molecule has 7 nitrogen and oxygen atoms in total. The first kappa shape index (κ1) is 26.6. The minimum absolute atomic E-state index is 0.000733. The SMILES string of the molecule is CCS(=O)(=O)Nc1cccc(Oc2cc(F)cc(Cc3ccc(I)cc3F)c2NS(=O)(=O)C2CC2)c1. The zero-order valence-corrected chi connectivity index (χ0v) is 22.9. The Morgan fingerprint density at radius 3 is 2.39 bits per heavy atom. The van der Waals surface area contributed by atoms with Crippen LogP contribution in [-0.2, 0) is 26.5 Å². The van der Waals surface area contributed by atoms with E-state index in [2.05, 4.69) is 9.44 Å². The number of sulfonamides is 2. The van der Waals surface area contributed by atoms with Gasteiger partial charge in [0.05, 0.1) is 22.4 Å². The first-order valence-corrected chi connectivity index (χ1v) is 15.3. The van der Waals surface area contributed by atoms with Gasteiger partial charge >= 0.3 is 0 Å². The van der Waals surface area contributed by atoms with E-state index in [9.17, 15) is 25.6 Å². The van der Waals surface area contributed by atoms with Crippen LogP contribution in [0.3, 0.4) is 0 Å². The largest absolute Gasteiger partial charge is 0.455 e. The van der Waals surface area contributed by atoms with Crippen molar-refractivity contribution >= 4 is 54.0 Å². The molecule has 4 rings (SSSR count). The van der Waals surface area contributed by atoms with E-state index >= 15 is 0 Å². The number of rotatable bonds is 10. The van der Waals surface area contributed by atoms with Crippen molar-refractivity contribution in [2.24, 2.45) is 0 Å². The van der Waals surface area contributed by atoms with Gasteiger partial charge < -0.3 is 4.74 Å². The molecule has 36 heavy (non-hydrogen) atoms. The van der Waals surface area contributed by atoms with E-state index in [0.29, 0.717) is 16.4 Å². The van der Waals surface area contributed by atoms with Crippen molar-refractivity contribution in [3.63, 3.8) is 0 Å². The first-order valence-electron chi connectivity index (χ1n) is 11.0. The van der Waals surface area contributed by atoms with Crippen LogP contribution in [-0.4, -0.2) is 27.8 Å². The molecule has 0 bridgehead atoms. The topological polar surface area (TPSA) is 102 Å². The molecule has 0 amide bonds. The number of nitrogens with one attached hydrogen (secondary N) is 2. The molecule has 2 N–H and O–H groups in total. The normalized spacial score (nSPS) is 13.9. The Balaban J connectivity index is 1.75. The zero-order chi connectivity index (χ0) is 26.1. The molecule has 0 atom stereocenters. The summed E-state index contributed by atoms with van der Waals surface area (Å²) in [6, 6.07) is 12.7. The maximum Gasteiger partial charge on any atom is 0.235 e. The lowest BCUT2D eigenvalue weighted by Crippen LogP contribution is -2.19. The Morgan fingerprint density at radius 1 is 0.972 bits per heavy atom. The minimum Gasteiger partial charge on any atom is -0.455 e. The number of hydrogen-bond acceptors (Lipinski definition) is 5. The summed E-state index contributed by atoms with van der Waals surface area (Å²) in [6.07, 6.45) is 0.927. The maximum absolute atomic E-state index is 14.7. The van der Waals surface area contributed by atoms with Gasteiger partial charge in [-0.05, 0) is 83.8 Å². The van der Waals surface area contributed by atoms with Gasteiger partial charge in [-0.15, -0.1) is 0 Å². The van der Waals surface area contributed by atoms with Crippen LogP contribution in [0.2, 0.25) is 0 Å². The molecular formula is C24H23F2IN2O5S2. The molecule has 1 aliphatic rings. The third kappa shape index (κ3) is 6.65. The summed E-state index contributed by atoms with van der Waals surface area (Å²) in [7, 11) is -7.32. The minimum atomic E-state index is -3.77. The Bertz CT molecular complexity index is 1510. The molecular weight excluding hydrogens is 625 g/mol. The van der Waals surface area contributed by atoms with Crippen molar-refractivity contribution in [2.75, 3.05) is 15.2 Å². The molecule has 0 saturated heterocycles. The summed E-state index contributed by atoms with van der Waals surface area (Å²) in [4.78, 5) is 0. The third-order valence-electron chi connectivity index (χ3n) is 5.47. The predicted octanol–water partition coefficient (Wildman–Crippen LogP) is 5.62. The number of halogens is 3. The van der Waals surface area contributed by atoms with Crippen LogP contribution in [0.4, 0.5) is 20.2 Å². The quantitative estimate of drug-likeness (QED) is 0.278. The van der Waals surface area contributed by atoms with Crippen molar-refractivity contribution in [1.82, 2.24) is 0 Å². The van der Waals surface area contributed by atoms with Gasteiger partial charge in [0.15, 0.2) is 5.75 Å². The molecule has 3 aromatic carbocycles. The molecule has 1 saturated carbocycles. The molecule has 0 spiro atoms. The maximum atomic E-state index is 14.7. The highest BCUT2D eigenvalue weighted by Gasteiger charge is 2.37. The molecule has 192 valence electrons. The summed E-state index contributed by atoms with van der Waals surface area (Å²) in [5, 5.41) is -0.565. The number of ether oxygens (including phenoxy) is 1. The van der Waals surface area contributed by atoms with Crippen molar-refractivity contribution in [3.05, 3.63) is 80.9 Å². The van der Waals surface area contributed by atoms with E-state index in [-0.39, 0.29) is 46.2 Å². The molecule has 1 fully saturated rings. The van der Waals surface area contributed by atoms with Gasteiger partial charge in [0.2, 0.25) is 20.0 Å². The van der Waals surface area contributed by atoms with Gasteiger partial charge in [0, 0.05) is 22.1 Å². The fourth-order valence-corrected chi connectivity index (χ4v) is 5.97. The number of benzene rings is 3. The monoisotopic (exact) mass is 648 g/mol. The van der Waals surface area contributed by atoms with Gasteiger partial charge in [-0.1, -0.05) is 12.1 Å². The first-order chi connectivity index (χ1) is 17.0. The second-order valence-electron chi connectivity index (χ2n) is 8.33. The second kappa shape index (κ2) is 10.5. The summed E-state index contributed by atoms with van der Waals surface area (Å²) >= 11 is 1.97. The highest BCUT2D eigenvalue weighted by Crippen LogP contribution is 2.39. The average molecular weight is 648 g/mol. The second-order valence-corrected chi connectivity index (χ2v) is 13.5. The van der Waals surface area contributed by atoms with Crippen LogP contribution in [0.5, 0.6) is 11.5 Å². The van der Waals surface area contributed by atoms with Gasteiger partial charge in [-0.2, -0.15) is 0 Å². The van der Waals surface area contributed by atoms with Crippen LogP contribution in [0.25, 0.3) is 0 Å². The highest BCUT2D eigenvalue weighted by atomic mass is 127. The van der Waals surface area contributed by atoms with Crippen molar-refractivity contribution in [2.45, 2.75) is 31.4 Å². The van der Waals surface area contributed by atoms with Crippen LogP contribution in [0.15, 0.2) is 54.6 Å². The average Bonchev–Trinajstić information content (AvgIpc) is 3.64. The fraction of sp³-hybridized carbons (Fsp3) is 0.250. The van der Waals surface area contributed by atoms with E-state index < -0.39 is 36.9 Å². The van der Waals surface area contributed by atoms with Gasteiger partial charge in [0.25, 0.3) is 0 Å². The van der Waals surface area contributed by atoms with E-state index in [1.165, 1.54) is 37.3 Å². The summed E-state index contributed by atoms with van der Waals surface area (Å²) in [5.74, 6) is -1.32. The van der Waals surface area contributed by atoms with E-state index in [1.807, 2.05) is 22.6 Å². The lowest BCUT2D eigenvalue weighted by molar-refractivity contribution is 0.478. The molecule has 0 aromatic heterocycles. The van der Waals surface area contributed by atoms with Crippen LogP contribution < -0.4 is 14.2 Å². The number of anilines is 2. The van der Waals surface area contributed by atoms with Crippen LogP contribution in [0.1, 0.15) is 30.9 Å². The Hall–Kier alpha value is -2.45. The zero-order valence-electron chi connectivity index (χ0n) is 19.1. The lowest BCUT2D eigenvalue weighted by Gasteiger charge is -2.18. The van der Waals surface area contributed by atoms with Gasteiger partial charge in [0.1, 0.15) is 17.4 Å². The standard InChI is InChI=1S/C24H23F2IN2O5S2/c1-2-35(30,31)28-19-4-3-5-20(14-19)34-23-12-17(25)11-16(10-15-6-7-18(27)13-22(15)26)24(23)29-36(32,33)21-8-9-21/h3-7,11-14,21,28-29H,2,8-10H2,1H3. The molecule has 0 unspecified atom stereocenters. The van der Waals surface area contributed by atoms with Gasteiger partial charge in [-0.25, -0.2) is 25.6 Å². The summed E-state index contributed by atoms with van der Waals surface area (Å²) < 4.78 is 90.2. The lowest BCUT2D eigenvalue weighted by atomic mass is 10.0. The summed E-state index contributed by atoms with van der Waals surface area (Å²) in [5.41, 5.74) is 0.680. The number of hydrogen-bond donors (Lipinski definition) is 2. The fourth-order valence-electron chi connectivity index (χ4n) is 3.45. The van der Waals surface area contributed by atoms with Crippen LogP contribution in [0, 0.1) is 15.2 Å². The van der Waals surface area contributed by atoms with Crippen molar-refractivity contribution in [3.8, 4) is 11.5 Å². The molecule has 12 heteroatoms. The molecule has 0 aliphatic heterocycles. The summed E-state index contributed by atoms with van der Waals surface area (Å²) in [6.45, 7) is 1.49.